The molecule has 21 heavy (non-hydrogen) atoms. The van der Waals surface area contributed by atoms with E-state index in [0.717, 1.165) is 36.2 Å². The van der Waals surface area contributed by atoms with Gasteiger partial charge in [0.15, 0.2) is 0 Å². The predicted octanol–water partition coefficient (Wildman–Crippen LogP) is 4.28. The van der Waals surface area contributed by atoms with Crippen LogP contribution in [0.15, 0.2) is 46.9 Å². The van der Waals surface area contributed by atoms with Gasteiger partial charge in [0, 0.05) is 16.9 Å². The van der Waals surface area contributed by atoms with Gasteiger partial charge in [-0.1, -0.05) is 40.2 Å². The van der Waals surface area contributed by atoms with Crippen molar-refractivity contribution in [3.8, 4) is 5.75 Å². The molecule has 0 unspecified atom stereocenters. The van der Waals surface area contributed by atoms with Crippen LogP contribution in [0.2, 0.25) is 0 Å². The molecule has 0 aromatic heterocycles. The third-order valence-corrected chi connectivity index (χ3v) is 4.52. The number of benzene rings is 2. The molecule has 0 aliphatic carbocycles. The summed E-state index contributed by atoms with van der Waals surface area (Å²) in [5, 5.41) is 3.59. The first-order valence-corrected chi connectivity index (χ1v) is 8.25. The molecule has 1 N–H and O–H groups in total. The molecule has 1 aliphatic heterocycles. The fourth-order valence-electron chi connectivity index (χ4n) is 2.70. The molecule has 0 bridgehead atoms. The van der Waals surface area contributed by atoms with Gasteiger partial charge < -0.3 is 10.1 Å². The van der Waals surface area contributed by atoms with Gasteiger partial charge in [-0.3, -0.25) is 0 Å². The van der Waals surface area contributed by atoms with E-state index in [-0.39, 0.29) is 0 Å². The maximum Gasteiger partial charge on any atom is 0.122 e. The Morgan fingerprint density at radius 3 is 2.81 bits per heavy atom. The Morgan fingerprint density at radius 2 is 2.00 bits per heavy atom. The summed E-state index contributed by atoms with van der Waals surface area (Å²) in [4.78, 5) is 0. The highest BCUT2D eigenvalue weighted by atomic mass is 79.9. The highest BCUT2D eigenvalue weighted by Crippen LogP contribution is 2.26. The first kappa shape index (κ1) is 14.6. The van der Waals surface area contributed by atoms with Gasteiger partial charge in [-0.05, 0) is 54.8 Å². The minimum atomic E-state index is 0.371. The molecule has 0 spiro atoms. The van der Waals surface area contributed by atoms with E-state index in [1.807, 2.05) is 0 Å². The van der Waals surface area contributed by atoms with Crippen LogP contribution < -0.4 is 10.1 Å². The van der Waals surface area contributed by atoms with Crippen molar-refractivity contribution in [2.45, 2.75) is 25.8 Å². The molecule has 3 rings (SSSR count). The Labute approximate surface area is 134 Å². The van der Waals surface area contributed by atoms with Crippen LogP contribution >= 0.6 is 15.9 Å². The van der Waals surface area contributed by atoms with Crippen LogP contribution in [0.5, 0.6) is 5.75 Å². The standard InChI is InChI=1S/C18H20BrNO/c1-13(15-3-5-17(19)6-4-15)20-10-8-14-2-7-18-16(12-14)9-11-21-18/h2-7,12-13,20H,8-11H2,1H3/t13-/m1/s1. The Hall–Kier alpha value is -1.32. The molecule has 1 heterocycles. The van der Waals surface area contributed by atoms with Gasteiger partial charge in [-0.25, -0.2) is 0 Å². The second kappa shape index (κ2) is 6.63. The van der Waals surface area contributed by atoms with Crippen LogP contribution in [0.1, 0.15) is 29.7 Å². The molecular formula is C18H20BrNO. The van der Waals surface area contributed by atoms with E-state index in [1.165, 1.54) is 16.7 Å². The van der Waals surface area contributed by atoms with Crippen LogP contribution in [0.4, 0.5) is 0 Å². The molecule has 3 heteroatoms. The summed E-state index contributed by atoms with van der Waals surface area (Å²) < 4.78 is 6.67. The normalized spacial score (nSPS) is 14.6. The average Bonchev–Trinajstić information content (AvgIpc) is 2.95. The zero-order chi connectivity index (χ0) is 14.7. The smallest absolute Gasteiger partial charge is 0.122 e. The van der Waals surface area contributed by atoms with Gasteiger partial charge in [-0.2, -0.15) is 0 Å². The number of ether oxygens (including phenoxy) is 1. The Morgan fingerprint density at radius 1 is 1.19 bits per heavy atom. The molecule has 0 saturated carbocycles. The SMILES string of the molecule is C[C@@H](NCCc1ccc2c(c1)CCO2)c1ccc(Br)cc1. The fraction of sp³-hybridized carbons (Fsp3) is 0.333. The summed E-state index contributed by atoms with van der Waals surface area (Å²) in [6, 6.07) is 15.4. The van der Waals surface area contributed by atoms with Crippen molar-refractivity contribution in [1.82, 2.24) is 5.32 Å². The van der Waals surface area contributed by atoms with Crippen molar-refractivity contribution in [1.29, 1.82) is 0 Å². The third-order valence-electron chi connectivity index (χ3n) is 3.99. The Bertz CT molecular complexity index is 609. The molecule has 2 nitrogen and oxygen atoms in total. The monoisotopic (exact) mass is 345 g/mol. The molecule has 1 aliphatic rings. The minimum Gasteiger partial charge on any atom is -0.493 e. The lowest BCUT2D eigenvalue weighted by molar-refractivity contribution is 0.357. The van der Waals surface area contributed by atoms with Crippen molar-refractivity contribution < 1.29 is 4.74 Å². The largest absolute Gasteiger partial charge is 0.493 e. The second-order valence-electron chi connectivity index (χ2n) is 5.52. The average molecular weight is 346 g/mol. The second-order valence-corrected chi connectivity index (χ2v) is 6.43. The quantitative estimate of drug-likeness (QED) is 0.873. The number of fused-ring (bicyclic) bond motifs is 1. The number of rotatable bonds is 5. The van der Waals surface area contributed by atoms with Gasteiger partial charge in [0.05, 0.1) is 6.61 Å². The molecule has 1 atom stereocenters. The van der Waals surface area contributed by atoms with Gasteiger partial charge in [-0.15, -0.1) is 0 Å². The summed E-state index contributed by atoms with van der Waals surface area (Å²) >= 11 is 3.47. The van der Waals surface area contributed by atoms with Crippen molar-refractivity contribution in [3.05, 3.63) is 63.6 Å². The van der Waals surface area contributed by atoms with Crippen molar-refractivity contribution >= 4 is 15.9 Å². The van der Waals surface area contributed by atoms with Crippen molar-refractivity contribution in [3.63, 3.8) is 0 Å². The Balaban J connectivity index is 1.52. The highest BCUT2D eigenvalue weighted by molar-refractivity contribution is 9.10. The van der Waals surface area contributed by atoms with Gasteiger partial charge in [0.2, 0.25) is 0 Å². The van der Waals surface area contributed by atoms with Gasteiger partial charge in [0.25, 0.3) is 0 Å². The molecule has 2 aromatic rings. The van der Waals surface area contributed by atoms with Crippen molar-refractivity contribution in [2.75, 3.05) is 13.2 Å². The van der Waals surface area contributed by atoms with E-state index < -0.39 is 0 Å². The molecule has 0 amide bonds. The number of nitrogens with one attached hydrogen (secondary N) is 1. The molecule has 0 radical (unpaired) electrons. The van der Waals surface area contributed by atoms with Crippen LogP contribution in [0.25, 0.3) is 0 Å². The highest BCUT2D eigenvalue weighted by Gasteiger charge is 2.12. The first-order valence-electron chi connectivity index (χ1n) is 7.46. The van der Waals surface area contributed by atoms with E-state index in [4.69, 9.17) is 4.74 Å². The van der Waals surface area contributed by atoms with Crippen molar-refractivity contribution in [2.24, 2.45) is 0 Å². The summed E-state index contributed by atoms with van der Waals surface area (Å²) in [7, 11) is 0. The Kier molecular flexibility index (Phi) is 4.61. The number of hydrogen-bond acceptors (Lipinski definition) is 2. The third kappa shape index (κ3) is 3.66. The van der Waals surface area contributed by atoms with E-state index >= 15 is 0 Å². The van der Waals surface area contributed by atoms with Crippen LogP contribution in [0.3, 0.4) is 0 Å². The molecule has 0 fully saturated rings. The minimum absolute atomic E-state index is 0.371. The van der Waals surface area contributed by atoms with E-state index in [2.05, 4.69) is 70.6 Å². The van der Waals surface area contributed by atoms with Crippen LogP contribution in [0, 0.1) is 0 Å². The van der Waals surface area contributed by atoms with E-state index in [9.17, 15) is 0 Å². The zero-order valence-corrected chi connectivity index (χ0v) is 13.8. The van der Waals surface area contributed by atoms with Gasteiger partial charge in [0.1, 0.15) is 5.75 Å². The summed E-state index contributed by atoms with van der Waals surface area (Å²) in [5.41, 5.74) is 4.06. The predicted molar refractivity (Wildman–Crippen MR) is 89.9 cm³/mol. The molecular weight excluding hydrogens is 326 g/mol. The lowest BCUT2D eigenvalue weighted by Gasteiger charge is -2.14. The molecule has 2 aromatic carbocycles. The van der Waals surface area contributed by atoms with Gasteiger partial charge >= 0.3 is 0 Å². The lowest BCUT2D eigenvalue weighted by atomic mass is 10.1. The zero-order valence-electron chi connectivity index (χ0n) is 12.2. The summed E-state index contributed by atoms with van der Waals surface area (Å²) in [6.45, 7) is 4.02. The molecule has 0 saturated heterocycles. The maximum absolute atomic E-state index is 5.54. The summed E-state index contributed by atoms with van der Waals surface area (Å²) in [6.07, 6.45) is 2.10. The summed E-state index contributed by atoms with van der Waals surface area (Å²) in [5.74, 6) is 1.06. The number of halogens is 1. The van der Waals surface area contributed by atoms with E-state index in [1.54, 1.807) is 0 Å². The number of hydrogen-bond donors (Lipinski definition) is 1. The van der Waals surface area contributed by atoms with Crippen LogP contribution in [-0.2, 0) is 12.8 Å². The fourth-order valence-corrected chi connectivity index (χ4v) is 2.96. The topological polar surface area (TPSA) is 21.3 Å². The maximum atomic E-state index is 5.54. The van der Waals surface area contributed by atoms with E-state index in [0.29, 0.717) is 6.04 Å². The lowest BCUT2D eigenvalue weighted by Crippen LogP contribution is -2.21. The first-order chi connectivity index (χ1) is 10.2. The van der Waals surface area contributed by atoms with Crippen LogP contribution in [-0.4, -0.2) is 13.2 Å². The molecule has 110 valence electrons.